The van der Waals surface area contributed by atoms with Gasteiger partial charge in [0.1, 0.15) is 5.15 Å². The second-order valence-corrected chi connectivity index (χ2v) is 7.40. The van der Waals surface area contributed by atoms with Crippen molar-refractivity contribution in [2.24, 2.45) is 0 Å². The Bertz CT molecular complexity index is 1210. The summed E-state index contributed by atoms with van der Waals surface area (Å²) >= 11 is 12.2. The Morgan fingerprint density at radius 2 is 1.75 bits per heavy atom. The van der Waals surface area contributed by atoms with Crippen LogP contribution in [0.2, 0.25) is 10.2 Å². The van der Waals surface area contributed by atoms with E-state index in [1.807, 2.05) is 44.3 Å². The molecule has 0 spiro atoms. The molecular weight excluding hydrogens is 397 g/mol. The number of pyridine rings is 1. The Labute approximate surface area is 171 Å². The third-order valence-corrected chi connectivity index (χ3v) is 4.88. The number of hydrogen-bond acceptors (Lipinski definition) is 4. The van der Waals surface area contributed by atoms with Crippen LogP contribution in [-0.2, 0) is 0 Å². The number of benzene rings is 1. The van der Waals surface area contributed by atoms with Crippen LogP contribution in [0.25, 0.3) is 16.8 Å². The highest BCUT2D eigenvalue weighted by molar-refractivity contribution is 6.33. The molecule has 0 saturated heterocycles. The van der Waals surface area contributed by atoms with E-state index in [4.69, 9.17) is 23.2 Å². The smallest absolute Gasteiger partial charge is 0.277 e. The minimum atomic E-state index is -0.138. The fourth-order valence-electron chi connectivity index (χ4n) is 3.13. The number of halogens is 2. The molecule has 1 N–H and O–H groups in total. The van der Waals surface area contributed by atoms with Gasteiger partial charge in [-0.2, -0.15) is 0 Å². The van der Waals surface area contributed by atoms with Gasteiger partial charge in [0.15, 0.2) is 5.65 Å². The van der Waals surface area contributed by atoms with Crippen molar-refractivity contribution in [3.05, 3.63) is 75.5 Å². The lowest BCUT2D eigenvalue weighted by Crippen LogP contribution is -2.22. The van der Waals surface area contributed by atoms with Crippen LogP contribution in [0, 0.1) is 0 Å². The van der Waals surface area contributed by atoms with Crippen LogP contribution in [0.3, 0.4) is 0 Å². The number of fused-ring (bicyclic) bond motifs is 1. The van der Waals surface area contributed by atoms with E-state index >= 15 is 0 Å². The molecule has 0 fully saturated rings. The van der Waals surface area contributed by atoms with Gasteiger partial charge >= 0.3 is 0 Å². The van der Waals surface area contributed by atoms with Gasteiger partial charge in [-0.3, -0.25) is 4.79 Å². The molecule has 4 aromatic rings. The van der Waals surface area contributed by atoms with E-state index in [9.17, 15) is 4.79 Å². The molecule has 0 bridgehead atoms. The van der Waals surface area contributed by atoms with Crippen LogP contribution in [0.5, 0.6) is 0 Å². The van der Waals surface area contributed by atoms with Crippen LogP contribution in [0.4, 0.5) is 11.4 Å². The van der Waals surface area contributed by atoms with Gasteiger partial charge in [0.25, 0.3) is 5.56 Å². The van der Waals surface area contributed by atoms with Crippen LogP contribution in [0.1, 0.15) is 19.9 Å². The molecule has 0 amide bonds. The Morgan fingerprint density at radius 3 is 2.43 bits per heavy atom. The van der Waals surface area contributed by atoms with Crippen LogP contribution < -0.4 is 10.9 Å². The molecule has 0 aliphatic heterocycles. The van der Waals surface area contributed by atoms with Crippen molar-refractivity contribution >= 4 is 40.2 Å². The van der Waals surface area contributed by atoms with Gasteiger partial charge in [-0.25, -0.2) is 19.2 Å². The molecular formula is C20H17Cl2N5O. The second-order valence-electron chi connectivity index (χ2n) is 6.60. The second kappa shape index (κ2) is 7.30. The molecule has 0 aliphatic rings. The number of rotatable bonds is 4. The summed E-state index contributed by atoms with van der Waals surface area (Å²) in [5, 5.41) is 4.16. The lowest BCUT2D eigenvalue weighted by Gasteiger charge is -2.11. The molecule has 3 aromatic heterocycles. The average molecular weight is 414 g/mol. The van der Waals surface area contributed by atoms with E-state index in [-0.39, 0.29) is 11.6 Å². The van der Waals surface area contributed by atoms with E-state index in [1.165, 1.54) is 0 Å². The van der Waals surface area contributed by atoms with E-state index in [1.54, 1.807) is 33.7 Å². The van der Waals surface area contributed by atoms with E-state index in [0.29, 0.717) is 32.6 Å². The van der Waals surface area contributed by atoms with Crippen molar-refractivity contribution in [1.29, 1.82) is 0 Å². The molecule has 0 atom stereocenters. The molecule has 6 nitrogen and oxygen atoms in total. The summed E-state index contributed by atoms with van der Waals surface area (Å²) in [6.45, 7) is 3.90. The molecule has 0 aliphatic carbocycles. The van der Waals surface area contributed by atoms with Crippen molar-refractivity contribution in [2.75, 3.05) is 5.32 Å². The SMILES string of the molecule is CC(C)n1c(=O)c(-c2ccccc2Cl)c2ncc(Nc3ccc(Cl)nc3)cn21. The number of hydrogen-bond donors (Lipinski definition) is 1. The van der Waals surface area contributed by atoms with Crippen molar-refractivity contribution in [3.63, 3.8) is 0 Å². The third kappa shape index (κ3) is 3.25. The zero-order chi connectivity index (χ0) is 19.8. The summed E-state index contributed by atoms with van der Waals surface area (Å²) in [5.74, 6) is 0. The van der Waals surface area contributed by atoms with E-state index < -0.39 is 0 Å². The largest absolute Gasteiger partial charge is 0.352 e. The van der Waals surface area contributed by atoms with Gasteiger partial charge in [-0.05, 0) is 32.0 Å². The van der Waals surface area contributed by atoms with Gasteiger partial charge in [0.2, 0.25) is 0 Å². The lowest BCUT2D eigenvalue weighted by molar-refractivity contribution is 0.488. The maximum Gasteiger partial charge on any atom is 0.277 e. The topological polar surface area (TPSA) is 64.2 Å². The van der Waals surface area contributed by atoms with Crippen LogP contribution >= 0.6 is 23.2 Å². The van der Waals surface area contributed by atoms with Crippen LogP contribution in [0.15, 0.2) is 59.8 Å². The summed E-state index contributed by atoms with van der Waals surface area (Å²) < 4.78 is 3.42. The molecule has 4 rings (SSSR count). The van der Waals surface area contributed by atoms with E-state index in [2.05, 4.69) is 15.3 Å². The van der Waals surface area contributed by atoms with E-state index in [0.717, 1.165) is 5.69 Å². The zero-order valence-corrected chi connectivity index (χ0v) is 16.7. The number of nitrogens with one attached hydrogen (secondary N) is 1. The first kappa shape index (κ1) is 18.5. The summed E-state index contributed by atoms with van der Waals surface area (Å²) in [7, 11) is 0. The van der Waals surface area contributed by atoms with Gasteiger partial charge < -0.3 is 5.32 Å². The summed E-state index contributed by atoms with van der Waals surface area (Å²) in [6.07, 6.45) is 5.14. The molecule has 142 valence electrons. The Balaban J connectivity index is 1.89. The monoisotopic (exact) mass is 413 g/mol. The zero-order valence-electron chi connectivity index (χ0n) is 15.2. The third-order valence-electron chi connectivity index (χ3n) is 4.33. The quantitative estimate of drug-likeness (QED) is 0.467. The lowest BCUT2D eigenvalue weighted by atomic mass is 10.1. The maximum atomic E-state index is 13.2. The fourth-order valence-corrected chi connectivity index (χ4v) is 3.47. The normalized spacial score (nSPS) is 11.3. The molecule has 8 heteroatoms. The molecule has 28 heavy (non-hydrogen) atoms. The molecule has 0 saturated carbocycles. The molecule has 1 aromatic carbocycles. The first-order valence-electron chi connectivity index (χ1n) is 8.72. The highest BCUT2D eigenvalue weighted by Gasteiger charge is 2.21. The predicted molar refractivity (Wildman–Crippen MR) is 113 cm³/mol. The fraction of sp³-hybridized carbons (Fsp3) is 0.150. The van der Waals surface area contributed by atoms with Crippen molar-refractivity contribution in [2.45, 2.75) is 19.9 Å². The first-order chi connectivity index (χ1) is 13.5. The van der Waals surface area contributed by atoms with Gasteiger partial charge in [-0.15, -0.1) is 0 Å². The van der Waals surface area contributed by atoms with Crippen molar-refractivity contribution < 1.29 is 0 Å². The number of aromatic nitrogens is 4. The number of nitrogens with zero attached hydrogens (tertiary/aromatic N) is 4. The van der Waals surface area contributed by atoms with Crippen LogP contribution in [-0.4, -0.2) is 19.2 Å². The molecule has 3 heterocycles. The highest BCUT2D eigenvalue weighted by atomic mass is 35.5. The molecule has 0 unspecified atom stereocenters. The van der Waals surface area contributed by atoms with Crippen molar-refractivity contribution in [1.82, 2.24) is 19.2 Å². The Hall–Kier alpha value is -2.83. The van der Waals surface area contributed by atoms with Gasteiger partial charge in [0, 0.05) is 16.6 Å². The minimum Gasteiger partial charge on any atom is -0.352 e. The Kier molecular flexibility index (Phi) is 4.83. The summed E-state index contributed by atoms with van der Waals surface area (Å²) in [6, 6.07) is 10.7. The maximum absolute atomic E-state index is 13.2. The number of anilines is 2. The molecule has 0 radical (unpaired) electrons. The summed E-state index contributed by atoms with van der Waals surface area (Å²) in [4.78, 5) is 21.8. The Morgan fingerprint density at radius 1 is 1.00 bits per heavy atom. The predicted octanol–water partition coefficient (Wildman–Crippen LogP) is 5.19. The standard InChI is InChI=1S/C20H17Cl2N5O/c1-12(2)27-20(28)18(15-5-3-4-6-16(15)21)19-24-10-14(11-26(19)27)25-13-7-8-17(22)23-9-13/h3-12,25H,1-2H3. The summed E-state index contributed by atoms with van der Waals surface area (Å²) in [5.41, 5.74) is 3.04. The minimum absolute atomic E-state index is 0.0644. The average Bonchev–Trinajstić information content (AvgIpc) is 2.95. The highest BCUT2D eigenvalue weighted by Crippen LogP contribution is 2.29. The first-order valence-corrected chi connectivity index (χ1v) is 9.47. The van der Waals surface area contributed by atoms with Gasteiger partial charge in [0.05, 0.1) is 35.5 Å². The van der Waals surface area contributed by atoms with Crippen molar-refractivity contribution in [3.8, 4) is 11.1 Å². The van der Waals surface area contributed by atoms with Gasteiger partial charge in [-0.1, -0.05) is 41.4 Å².